The predicted molar refractivity (Wildman–Crippen MR) is 63.6 cm³/mol. The number of aromatic nitrogens is 1. The lowest BCUT2D eigenvalue weighted by Gasteiger charge is -2.04. The van der Waals surface area contributed by atoms with Gasteiger partial charge in [0.1, 0.15) is 6.61 Å². The van der Waals surface area contributed by atoms with Gasteiger partial charge in [0, 0.05) is 29.2 Å². The first-order chi connectivity index (χ1) is 8.31. The van der Waals surface area contributed by atoms with E-state index in [9.17, 15) is 4.79 Å². The van der Waals surface area contributed by atoms with Crippen LogP contribution in [0.3, 0.4) is 0 Å². The van der Waals surface area contributed by atoms with E-state index in [1.807, 2.05) is 30.5 Å². The van der Waals surface area contributed by atoms with Crippen molar-refractivity contribution in [2.75, 3.05) is 13.2 Å². The van der Waals surface area contributed by atoms with E-state index >= 15 is 0 Å². The number of alkyl carbamates (subject to hydrolysis) is 1. The number of rotatable bonds is 4. The lowest BCUT2D eigenvalue weighted by molar-refractivity contribution is 0.137. The van der Waals surface area contributed by atoms with Crippen LogP contribution in [0, 0.1) is 0 Å². The minimum absolute atomic E-state index is 0.0951. The Morgan fingerprint density at radius 2 is 2.24 bits per heavy atom. The normalized spacial score (nSPS) is 10.4. The average Bonchev–Trinajstić information content (AvgIpc) is 2.77. The second-order valence-corrected chi connectivity index (χ2v) is 3.59. The third-order valence-electron chi connectivity index (χ3n) is 2.41. The molecule has 0 aliphatic carbocycles. The van der Waals surface area contributed by atoms with Gasteiger partial charge in [0.2, 0.25) is 0 Å². The van der Waals surface area contributed by atoms with Gasteiger partial charge in [-0.3, -0.25) is 0 Å². The van der Waals surface area contributed by atoms with Gasteiger partial charge >= 0.3 is 6.09 Å². The number of aliphatic hydroxyl groups excluding tert-OH is 1. The number of carbonyl (C=O) groups is 1. The molecule has 0 bridgehead atoms. The first-order valence-electron chi connectivity index (χ1n) is 5.37. The second-order valence-electron chi connectivity index (χ2n) is 3.59. The summed E-state index contributed by atoms with van der Waals surface area (Å²) in [5.74, 6) is 0. The minimum Gasteiger partial charge on any atom is -0.445 e. The van der Waals surface area contributed by atoms with Crippen molar-refractivity contribution in [2.24, 2.45) is 0 Å². The van der Waals surface area contributed by atoms with E-state index in [0.717, 1.165) is 16.5 Å². The Bertz CT molecular complexity index is 507. The van der Waals surface area contributed by atoms with Crippen molar-refractivity contribution < 1.29 is 14.6 Å². The highest BCUT2D eigenvalue weighted by atomic mass is 16.5. The summed E-state index contributed by atoms with van der Waals surface area (Å²) in [6.07, 6.45) is 1.30. The number of aromatic amines is 1. The summed E-state index contributed by atoms with van der Waals surface area (Å²) in [4.78, 5) is 14.3. The molecular formula is C12H14N2O3. The number of hydrogen-bond donors (Lipinski definition) is 3. The summed E-state index contributed by atoms with van der Waals surface area (Å²) in [5, 5.41) is 12.0. The topological polar surface area (TPSA) is 74.3 Å². The van der Waals surface area contributed by atoms with Crippen LogP contribution in [0.15, 0.2) is 30.5 Å². The minimum atomic E-state index is -0.524. The number of amides is 1. The fourth-order valence-electron chi connectivity index (χ4n) is 1.60. The molecular weight excluding hydrogens is 220 g/mol. The Balaban J connectivity index is 1.97. The molecule has 2 aromatic rings. The van der Waals surface area contributed by atoms with E-state index in [-0.39, 0.29) is 19.8 Å². The van der Waals surface area contributed by atoms with E-state index in [1.165, 1.54) is 0 Å². The molecule has 17 heavy (non-hydrogen) atoms. The van der Waals surface area contributed by atoms with E-state index in [4.69, 9.17) is 9.84 Å². The van der Waals surface area contributed by atoms with Gasteiger partial charge < -0.3 is 20.1 Å². The molecule has 0 saturated carbocycles. The standard InChI is InChI=1S/C12H14N2O3/c15-6-5-13-12(16)17-8-9-7-14-11-4-2-1-3-10(9)11/h1-4,7,14-15H,5-6,8H2,(H,13,16). The first-order valence-corrected chi connectivity index (χ1v) is 5.37. The van der Waals surface area contributed by atoms with Crippen LogP contribution in [0.4, 0.5) is 4.79 Å². The lowest BCUT2D eigenvalue weighted by atomic mass is 10.2. The second kappa shape index (κ2) is 5.36. The smallest absolute Gasteiger partial charge is 0.407 e. The lowest BCUT2D eigenvalue weighted by Crippen LogP contribution is -2.26. The van der Waals surface area contributed by atoms with Crippen LogP contribution >= 0.6 is 0 Å². The first kappa shape index (κ1) is 11.5. The number of hydrogen-bond acceptors (Lipinski definition) is 3. The molecule has 1 aromatic carbocycles. The van der Waals surface area contributed by atoms with Crippen LogP contribution in [-0.2, 0) is 11.3 Å². The van der Waals surface area contributed by atoms with Gasteiger partial charge in [-0.1, -0.05) is 18.2 Å². The summed E-state index contributed by atoms with van der Waals surface area (Å²) in [5.41, 5.74) is 1.95. The van der Waals surface area contributed by atoms with Crippen LogP contribution < -0.4 is 5.32 Å². The molecule has 1 amide bonds. The maximum absolute atomic E-state index is 11.2. The number of fused-ring (bicyclic) bond motifs is 1. The largest absolute Gasteiger partial charge is 0.445 e. The van der Waals surface area contributed by atoms with Gasteiger partial charge in [-0.15, -0.1) is 0 Å². The summed E-state index contributed by atoms with van der Waals surface area (Å²) in [6, 6.07) is 7.81. The molecule has 1 heterocycles. The maximum Gasteiger partial charge on any atom is 0.407 e. The van der Waals surface area contributed by atoms with Crippen molar-refractivity contribution in [3.05, 3.63) is 36.0 Å². The van der Waals surface area contributed by atoms with E-state index in [0.29, 0.717) is 0 Å². The summed E-state index contributed by atoms with van der Waals surface area (Å²) >= 11 is 0. The Labute approximate surface area is 98.4 Å². The van der Waals surface area contributed by atoms with Crippen molar-refractivity contribution in [3.63, 3.8) is 0 Å². The molecule has 0 atom stereocenters. The Kier molecular flexibility index (Phi) is 3.62. The van der Waals surface area contributed by atoms with Gasteiger partial charge in [0.05, 0.1) is 6.61 Å². The molecule has 5 heteroatoms. The number of para-hydroxylation sites is 1. The molecule has 0 aliphatic heterocycles. The third kappa shape index (κ3) is 2.76. The zero-order valence-electron chi connectivity index (χ0n) is 9.27. The quantitative estimate of drug-likeness (QED) is 0.748. The van der Waals surface area contributed by atoms with Crippen LogP contribution in [-0.4, -0.2) is 29.3 Å². The monoisotopic (exact) mass is 234 g/mol. The van der Waals surface area contributed by atoms with Crippen molar-refractivity contribution in [1.29, 1.82) is 0 Å². The predicted octanol–water partition coefficient (Wildman–Crippen LogP) is 1.39. The highest BCUT2D eigenvalue weighted by Gasteiger charge is 2.06. The Morgan fingerprint density at radius 1 is 1.41 bits per heavy atom. The number of ether oxygens (including phenoxy) is 1. The number of H-pyrrole nitrogens is 1. The molecule has 1 aromatic heterocycles. The van der Waals surface area contributed by atoms with Gasteiger partial charge in [0.15, 0.2) is 0 Å². The molecule has 0 unspecified atom stereocenters. The summed E-state index contributed by atoms with van der Waals surface area (Å²) in [7, 11) is 0. The van der Waals surface area contributed by atoms with Gasteiger partial charge in [-0.05, 0) is 6.07 Å². The molecule has 0 spiro atoms. The van der Waals surface area contributed by atoms with E-state index in [2.05, 4.69) is 10.3 Å². The average molecular weight is 234 g/mol. The van der Waals surface area contributed by atoms with Gasteiger partial charge in [0.25, 0.3) is 0 Å². The van der Waals surface area contributed by atoms with Crippen molar-refractivity contribution in [3.8, 4) is 0 Å². The van der Waals surface area contributed by atoms with E-state index in [1.54, 1.807) is 0 Å². The van der Waals surface area contributed by atoms with Crippen LogP contribution in [0.5, 0.6) is 0 Å². The molecule has 0 radical (unpaired) electrons. The highest BCUT2D eigenvalue weighted by Crippen LogP contribution is 2.18. The molecule has 0 saturated heterocycles. The zero-order valence-corrected chi connectivity index (χ0v) is 9.27. The SMILES string of the molecule is O=C(NCCO)OCc1c[nH]c2ccccc12. The molecule has 5 nitrogen and oxygen atoms in total. The van der Waals surface area contributed by atoms with Crippen LogP contribution in [0.25, 0.3) is 10.9 Å². The third-order valence-corrected chi connectivity index (χ3v) is 2.41. The molecule has 2 rings (SSSR count). The molecule has 0 aliphatic rings. The van der Waals surface area contributed by atoms with Crippen molar-refractivity contribution in [1.82, 2.24) is 10.3 Å². The maximum atomic E-state index is 11.2. The van der Waals surface area contributed by atoms with Crippen molar-refractivity contribution >= 4 is 17.0 Å². The fraction of sp³-hybridized carbons (Fsp3) is 0.250. The van der Waals surface area contributed by atoms with Crippen molar-refractivity contribution in [2.45, 2.75) is 6.61 Å². The van der Waals surface area contributed by atoms with Crippen LogP contribution in [0.2, 0.25) is 0 Å². The molecule has 3 N–H and O–H groups in total. The number of aliphatic hydroxyl groups is 1. The summed E-state index contributed by atoms with van der Waals surface area (Å²) in [6.45, 7) is 0.316. The number of carbonyl (C=O) groups excluding carboxylic acids is 1. The van der Waals surface area contributed by atoms with Crippen LogP contribution in [0.1, 0.15) is 5.56 Å². The highest BCUT2D eigenvalue weighted by molar-refractivity contribution is 5.83. The fourth-order valence-corrected chi connectivity index (χ4v) is 1.60. The zero-order chi connectivity index (χ0) is 12.1. The van der Waals surface area contributed by atoms with Gasteiger partial charge in [-0.2, -0.15) is 0 Å². The summed E-state index contributed by atoms with van der Waals surface area (Å²) < 4.78 is 5.02. The Morgan fingerprint density at radius 3 is 3.06 bits per heavy atom. The Hall–Kier alpha value is -2.01. The molecule has 90 valence electrons. The number of benzene rings is 1. The van der Waals surface area contributed by atoms with E-state index < -0.39 is 6.09 Å². The number of nitrogens with one attached hydrogen (secondary N) is 2. The van der Waals surface area contributed by atoms with Gasteiger partial charge in [-0.25, -0.2) is 4.79 Å². The molecule has 0 fully saturated rings.